The quantitative estimate of drug-likeness (QED) is 0.779. The Morgan fingerprint density at radius 1 is 1.21 bits per heavy atom. The highest BCUT2D eigenvalue weighted by atomic mass is 32.2. The molecule has 1 heterocycles. The third-order valence-electron chi connectivity index (χ3n) is 4.68. The second-order valence-electron chi connectivity index (χ2n) is 6.54. The first-order chi connectivity index (χ1) is 9.31. The molecule has 1 aromatic heterocycles. The average molecular weight is 278 g/mol. The third kappa shape index (κ3) is 2.42. The Balaban J connectivity index is 1.48. The Morgan fingerprint density at radius 3 is 2.58 bits per heavy atom. The van der Waals surface area contributed by atoms with Gasteiger partial charge in [-0.2, -0.15) is 0 Å². The lowest BCUT2D eigenvalue weighted by Gasteiger charge is -2.13. The molecule has 4 nitrogen and oxygen atoms in total. The highest BCUT2D eigenvalue weighted by Crippen LogP contribution is 2.52. The lowest BCUT2D eigenvalue weighted by atomic mass is 10.1. The SMILES string of the molecule is NCCC1(CSc2nnc(C3CC3)n2C2CC2)CC1. The van der Waals surface area contributed by atoms with E-state index in [-0.39, 0.29) is 0 Å². The summed E-state index contributed by atoms with van der Waals surface area (Å²) < 4.78 is 2.46. The molecule has 0 aliphatic heterocycles. The predicted molar refractivity (Wildman–Crippen MR) is 76.3 cm³/mol. The van der Waals surface area contributed by atoms with Gasteiger partial charge < -0.3 is 10.3 Å². The molecular formula is C14H22N4S. The fourth-order valence-electron chi connectivity index (χ4n) is 2.85. The smallest absolute Gasteiger partial charge is 0.191 e. The molecule has 0 aromatic carbocycles. The van der Waals surface area contributed by atoms with Gasteiger partial charge in [-0.15, -0.1) is 10.2 Å². The van der Waals surface area contributed by atoms with Gasteiger partial charge in [0.1, 0.15) is 5.82 Å². The number of thioether (sulfide) groups is 1. The van der Waals surface area contributed by atoms with Crippen molar-refractivity contribution in [2.24, 2.45) is 11.1 Å². The van der Waals surface area contributed by atoms with Crippen LogP contribution in [0.2, 0.25) is 0 Å². The van der Waals surface area contributed by atoms with Gasteiger partial charge in [-0.1, -0.05) is 11.8 Å². The minimum Gasteiger partial charge on any atom is -0.330 e. The van der Waals surface area contributed by atoms with Gasteiger partial charge in [0.15, 0.2) is 5.16 Å². The summed E-state index contributed by atoms with van der Waals surface area (Å²) >= 11 is 1.92. The van der Waals surface area contributed by atoms with Gasteiger partial charge in [-0.05, 0) is 56.9 Å². The molecule has 0 amide bonds. The molecular weight excluding hydrogens is 256 g/mol. The Hall–Kier alpha value is -0.550. The van der Waals surface area contributed by atoms with Crippen LogP contribution in [-0.2, 0) is 0 Å². The zero-order valence-electron chi connectivity index (χ0n) is 11.3. The minimum absolute atomic E-state index is 0.527. The van der Waals surface area contributed by atoms with Crippen LogP contribution >= 0.6 is 11.8 Å². The van der Waals surface area contributed by atoms with Crippen LogP contribution in [0.25, 0.3) is 0 Å². The van der Waals surface area contributed by atoms with Crippen molar-refractivity contribution in [2.75, 3.05) is 12.3 Å². The molecule has 3 aliphatic carbocycles. The van der Waals surface area contributed by atoms with Crippen LogP contribution in [0.1, 0.15) is 62.7 Å². The van der Waals surface area contributed by atoms with Gasteiger partial charge in [-0.25, -0.2) is 0 Å². The Labute approximate surface area is 118 Å². The Kier molecular flexibility index (Phi) is 2.88. The second kappa shape index (κ2) is 4.48. The summed E-state index contributed by atoms with van der Waals surface area (Å²) in [4.78, 5) is 0. The number of hydrogen-bond donors (Lipinski definition) is 1. The first-order valence-corrected chi connectivity index (χ1v) is 8.58. The summed E-state index contributed by atoms with van der Waals surface area (Å²) in [7, 11) is 0. The summed E-state index contributed by atoms with van der Waals surface area (Å²) in [6.07, 6.45) is 9.14. The van der Waals surface area contributed by atoms with Crippen LogP contribution in [0, 0.1) is 5.41 Å². The zero-order chi connectivity index (χ0) is 12.9. The van der Waals surface area contributed by atoms with Gasteiger partial charge in [0, 0.05) is 17.7 Å². The predicted octanol–water partition coefficient (Wildman–Crippen LogP) is 2.71. The Bertz CT molecular complexity index is 472. The normalized spacial score (nSPS) is 24.7. The van der Waals surface area contributed by atoms with E-state index in [0.717, 1.165) is 6.54 Å². The first-order valence-electron chi connectivity index (χ1n) is 7.59. The van der Waals surface area contributed by atoms with E-state index in [1.165, 1.54) is 61.7 Å². The maximum absolute atomic E-state index is 5.72. The molecule has 5 heteroatoms. The number of nitrogens with zero attached hydrogens (tertiary/aromatic N) is 3. The lowest BCUT2D eigenvalue weighted by molar-refractivity contribution is 0.535. The standard InChI is InChI=1S/C14H22N4S/c15-8-7-14(5-6-14)9-19-13-17-16-12(10-1-2-10)18(13)11-3-4-11/h10-11H,1-9,15H2. The van der Waals surface area contributed by atoms with Crippen molar-refractivity contribution in [2.45, 2.75) is 62.1 Å². The van der Waals surface area contributed by atoms with E-state index in [2.05, 4.69) is 14.8 Å². The molecule has 104 valence electrons. The zero-order valence-corrected chi connectivity index (χ0v) is 12.2. The van der Waals surface area contributed by atoms with Gasteiger partial charge in [-0.3, -0.25) is 0 Å². The molecule has 1 aromatic rings. The van der Waals surface area contributed by atoms with E-state index in [9.17, 15) is 0 Å². The largest absolute Gasteiger partial charge is 0.330 e. The van der Waals surface area contributed by atoms with Crippen molar-refractivity contribution in [3.05, 3.63) is 5.82 Å². The summed E-state index contributed by atoms with van der Waals surface area (Å²) in [5, 5.41) is 10.1. The summed E-state index contributed by atoms with van der Waals surface area (Å²) in [6.45, 7) is 0.823. The van der Waals surface area contributed by atoms with Gasteiger partial charge in [0.05, 0.1) is 0 Å². The molecule has 0 atom stereocenters. The molecule has 0 spiro atoms. The number of rotatable bonds is 7. The lowest BCUT2D eigenvalue weighted by Crippen LogP contribution is -2.12. The van der Waals surface area contributed by atoms with Gasteiger partial charge in [0.2, 0.25) is 0 Å². The maximum Gasteiger partial charge on any atom is 0.191 e. The monoisotopic (exact) mass is 278 g/mol. The molecule has 0 bridgehead atoms. The van der Waals surface area contributed by atoms with Crippen LogP contribution in [0.5, 0.6) is 0 Å². The number of hydrogen-bond acceptors (Lipinski definition) is 4. The van der Waals surface area contributed by atoms with E-state index in [1.54, 1.807) is 0 Å². The summed E-state index contributed by atoms with van der Waals surface area (Å²) in [5.74, 6) is 3.16. The van der Waals surface area contributed by atoms with Crippen LogP contribution in [0.3, 0.4) is 0 Å². The van der Waals surface area contributed by atoms with E-state index in [4.69, 9.17) is 5.73 Å². The van der Waals surface area contributed by atoms with Crippen molar-refractivity contribution < 1.29 is 0 Å². The first kappa shape index (κ1) is 12.2. The Morgan fingerprint density at radius 2 is 2.00 bits per heavy atom. The van der Waals surface area contributed by atoms with Crippen LogP contribution in [0.4, 0.5) is 0 Å². The molecule has 19 heavy (non-hydrogen) atoms. The number of nitrogens with two attached hydrogens (primary N) is 1. The van der Waals surface area contributed by atoms with Gasteiger partial charge >= 0.3 is 0 Å². The molecule has 3 aliphatic rings. The minimum atomic E-state index is 0.527. The van der Waals surface area contributed by atoms with Crippen molar-refractivity contribution in [3.63, 3.8) is 0 Å². The molecule has 3 fully saturated rings. The van der Waals surface area contributed by atoms with E-state index < -0.39 is 0 Å². The fraction of sp³-hybridized carbons (Fsp3) is 0.857. The third-order valence-corrected chi connectivity index (χ3v) is 5.98. The second-order valence-corrected chi connectivity index (χ2v) is 7.49. The molecule has 0 radical (unpaired) electrons. The van der Waals surface area contributed by atoms with Crippen molar-refractivity contribution >= 4 is 11.8 Å². The molecule has 3 saturated carbocycles. The van der Waals surface area contributed by atoms with Crippen molar-refractivity contribution in [1.29, 1.82) is 0 Å². The topological polar surface area (TPSA) is 56.7 Å². The van der Waals surface area contributed by atoms with Crippen molar-refractivity contribution in [1.82, 2.24) is 14.8 Å². The van der Waals surface area contributed by atoms with Crippen molar-refractivity contribution in [3.8, 4) is 0 Å². The molecule has 0 saturated heterocycles. The van der Waals surface area contributed by atoms with Crippen LogP contribution < -0.4 is 5.73 Å². The van der Waals surface area contributed by atoms with E-state index >= 15 is 0 Å². The van der Waals surface area contributed by atoms with Gasteiger partial charge in [0.25, 0.3) is 0 Å². The maximum atomic E-state index is 5.72. The number of aromatic nitrogens is 3. The highest BCUT2D eigenvalue weighted by molar-refractivity contribution is 7.99. The molecule has 2 N–H and O–H groups in total. The van der Waals surface area contributed by atoms with E-state index in [0.29, 0.717) is 17.4 Å². The summed E-state index contributed by atoms with van der Waals surface area (Å²) in [5.41, 5.74) is 6.25. The highest BCUT2D eigenvalue weighted by Gasteiger charge is 2.42. The average Bonchev–Trinajstić information content (AvgIpc) is 3.26. The summed E-state index contributed by atoms with van der Waals surface area (Å²) in [6, 6.07) is 0.706. The molecule has 0 unspecified atom stereocenters. The van der Waals surface area contributed by atoms with Crippen LogP contribution in [0.15, 0.2) is 5.16 Å². The van der Waals surface area contributed by atoms with E-state index in [1.807, 2.05) is 11.8 Å². The van der Waals surface area contributed by atoms with Crippen LogP contribution in [-0.4, -0.2) is 27.1 Å². The fourth-order valence-corrected chi connectivity index (χ4v) is 4.20. The molecule has 4 rings (SSSR count).